The van der Waals surface area contributed by atoms with Gasteiger partial charge in [0.1, 0.15) is 12.4 Å². The molecule has 0 aliphatic carbocycles. The number of amides is 1. The van der Waals surface area contributed by atoms with Gasteiger partial charge in [-0.25, -0.2) is 0 Å². The molecule has 0 fully saturated rings. The average Bonchev–Trinajstić information content (AvgIpc) is 2.55. The lowest BCUT2D eigenvalue weighted by Gasteiger charge is -2.20. The normalized spacial score (nSPS) is 10.2. The summed E-state index contributed by atoms with van der Waals surface area (Å²) in [5, 5.41) is 0. The first kappa shape index (κ1) is 15.1. The first-order valence-electron chi connectivity index (χ1n) is 7.31. The molecular formula is C18H21NO2. The smallest absolute Gasteiger partial charge is 0.254 e. The summed E-state index contributed by atoms with van der Waals surface area (Å²) in [7, 11) is 0. The summed E-state index contributed by atoms with van der Waals surface area (Å²) in [6, 6.07) is 17.3. The first-order valence-corrected chi connectivity index (χ1v) is 7.31. The number of hydrogen-bond donors (Lipinski definition) is 0. The van der Waals surface area contributed by atoms with Crippen LogP contribution in [-0.2, 0) is 6.61 Å². The van der Waals surface area contributed by atoms with Crippen LogP contribution in [0.5, 0.6) is 5.75 Å². The molecule has 0 spiro atoms. The Balaban J connectivity index is 2.15. The Morgan fingerprint density at radius 3 is 2.24 bits per heavy atom. The zero-order valence-electron chi connectivity index (χ0n) is 12.6. The molecule has 21 heavy (non-hydrogen) atoms. The third kappa shape index (κ3) is 3.85. The topological polar surface area (TPSA) is 29.5 Å². The number of rotatable bonds is 6. The van der Waals surface area contributed by atoms with Crippen LogP contribution in [0.4, 0.5) is 0 Å². The molecule has 0 saturated carbocycles. The summed E-state index contributed by atoms with van der Waals surface area (Å²) >= 11 is 0. The van der Waals surface area contributed by atoms with Gasteiger partial charge in [0, 0.05) is 24.2 Å². The van der Waals surface area contributed by atoms with Crippen molar-refractivity contribution in [1.82, 2.24) is 4.90 Å². The summed E-state index contributed by atoms with van der Waals surface area (Å²) in [5.41, 5.74) is 1.63. The summed E-state index contributed by atoms with van der Waals surface area (Å²) in [5.74, 6) is 0.870. The fourth-order valence-corrected chi connectivity index (χ4v) is 2.21. The van der Waals surface area contributed by atoms with Crippen molar-refractivity contribution in [3.05, 3.63) is 65.7 Å². The Hall–Kier alpha value is -2.29. The standard InChI is InChI=1S/C18H21NO2/c1-3-19(4-2)18(20)17-13-9-8-10-15(17)14-21-16-11-6-5-7-12-16/h5-13H,3-4,14H2,1-2H3. The molecule has 0 saturated heterocycles. The molecule has 0 aromatic heterocycles. The maximum Gasteiger partial charge on any atom is 0.254 e. The molecule has 2 aromatic rings. The highest BCUT2D eigenvalue weighted by Gasteiger charge is 2.16. The molecule has 0 unspecified atom stereocenters. The predicted octanol–water partition coefficient (Wildman–Crippen LogP) is 3.75. The third-order valence-corrected chi connectivity index (χ3v) is 3.44. The van der Waals surface area contributed by atoms with E-state index in [1.54, 1.807) is 0 Å². The Bertz CT molecular complexity index is 577. The van der Waals surface area contributed by atoms with Crippen molar-refractivity contribution in [2.45, 2.75) is 20.5 Å². The van der Waals surface area contributed by atoms with Crippen LogP contribution in [0.25, 0.3) is 0 Å². The molecule has 1 amide bonds. The van der Waals surface area contributed by atoms with Crippen LogP contribution in [0.3, 0.4) is 0 Å². The molecule has 0 radical (unpaired) electrons. The number of hydrogen-bond acceptors (Lipinski definition) is 2. The second-order valence-corrected chi connectivity index (χ2v) is 4.74. The zero-order chi connectivity index (χ0) is 15.1. The average molecular weight is 283 g/mol. The van der Waals surface area contributed by atoms with E-state index in [2.05, 4.69) is 0 Å². The Morgan fingerprint density at radius 2 is 1.57 bits per heavy atom. The predicted molar refractivity (Wildman–Crippen MR) is 84.5 cm³/mol. The second-order valence-electron chi connectivity index (χ2n) is 4.74. The van der Waals surface area contributed by atoms with Crippen LogP contribution in [0.2, 0.25) is 0 Å². The van der Waals surface area contributed by atoms with Gasteiger partial charge in [-0.1, -0.05) is 36.4 Å². The molecule has 0 atom stereocenters. The monoisotopic (exact) mass is 283 g/mol. The highest BCUT2D eigenvalue weighted by Crippen LogP contribution is 2.16. The quantitative estimate of drug-likeness (QED) is 0.808. The van der Waals surface area contributed by atoms with Crippen molar-refractivity contribution in [2.75, 3.05) is 13.1 Å². The molecule has 2 rings (SSSR count). The lowest BCUT2D eigenvalue weighted by atomic mass is 10.1. The van der Waals surface area contributed by atoms with Gasteiger partial charge in [-0.3, -0.25) is 4.79 Å². The summed E-state index contributed by atoms with van der Waals surface area (Å²) in [6.45, 7) is 5.80. The van der Waals surface area contributed by atoms with Crippen molar-refractivity contribution in [1.29, 1.82) is 0 Å². The minimum Gasteiger partial charge on any atom is -0.489 e. The largest absolute Gasteiger partial charge is 0.489 e. The van der Waals surface area contributed by atoms with Gasteiger partial charge in [0.05, 0.1) is 0 Å². The van der Waals surface area contributed by atoms with E-state index < -0.39 is 0 Å². The van der Waals surface area contributed by atoms with Gasteiger partial charge in [0.25, 0.3) is 5.91 Å². The molecule has 0 bridgehead atoms. The van der Waals surface area contributed by atoms with Crippen LogP contribution >= 0.6 is 0 Å². The Kier molecular flexibility index (Phi) is 5.38. The van der Waals surface area contributed by atoms with Crippen molar-refractivity contribution in [3.8, 4) is 5.75 Å². The minimum atomic E-state index is 0.0623. The van der Waals surface area contributed by atoms with Crippen LogP contribution in [0.15, 0.2) is 54.6 Å². The lowest BCUT2D eigenvalue weighted by Crippen LogP contribution is -2.31. The van der Waals surface area contributed by atoms with Crippen LogP contribution < -0.4 is 4.74 Å². The second kappa shape index (κ2) is 7.48. The SMILES string of the molecule is CCN(CC)C(=O)c1ccccc1COc1ccccc1. The van der Waals surface area contributed by atoms with Gasteiger partial charge in [-0.05, 0) is 32.0 Å². The minimum absolute atomic E-state index is 0.0623. The Morgan fingerprint density at radius 1 is 0.952 bits per heavy atom. The zero-order valence-corrected chi connectivity index (χ0v) is 12.6. The summed E-state index contributed by atoms with van der Waals surface area (Å²) < 4.78 is 5.76. The van der Waals surface area contributed by atoms with Gasteiger partial charge in [0.15, 0.2) is 0 Å². The Labute approximate surface area is 126 Å². The molecule has 110 valence electrons. The van der Waals surface area contributed by atoms with E-state index in [-0.39, 0.29) is 5.91 Å². The molecule has 0 N–H and O–H groups in total. The highest BCUT2D eigenvalue weighted by molar-refractivity contribution is 5.95. The number of para-hydroxylation sites is 1. The van der Waals surface area contributed by atoms with Gasteiger partial charge in [-0.2, -0.15) is 0 Å². The van der Waals surface area contributed by atoms with E-state index in [1.807, 2.05) is 73.3 Å². The van der Waals surface area contributed by atoms with E-state index in [0.717, 1.165) is 16.9 Å². The van der Waals surface area contributed by atoms with Crippen molar-refractivity contribution >= 4 is 5.91 Å². The number of nitrogens with zero attached hydrogens (tertiary/aromatic N) is 1. The number of carbonyl (C=O) groups is 1. The molecule has 0 heterocycles. The highest BCUT2D eigenvalue weighted by atomic mass is 16.5. The summed E-state index contributed by atoms with van der Waals surface area (Å²) in [6.07, 6.45) is 0. The van der Waals surface area contributed by atoms with Crippen LogP contribution in [0, 0.1) is 0 Å². The van der Waals surface area contributed by atoms with E-state index in [4.69, 9.17) is 4.74 Å². The van der Waals surface area contributed by atoms with Crippen LogP contribution in [0.1, 0.15) is 29.8 Å². The van der Waals surface area contributed by atoms with Crippen LogP contribution in [-0.4, -0.2) is 23.9 Å². The van der Waals surface area contributed by atoms with Crippen molar-refractivity contribution in [3.63, 3.8) is 0 Å². The molecule has 0 aliphatic heterocycles. The lowest BCUT2D eigenvalue weighted by molar-refractivity contribution is 0.0770. The van der Waals surface area contributed by atoms with Gasteiger partial charge in [-0.15, -0.1) is 0 Å². The maximum absolute atomic E-state index is 12.5. The number of ether oxygens (including phenoxy) is 1. The fourth-order valence-electron chi connectivity index (χ4n) is 2.21. The maximum atomic E-state index is 12.5. The van der Waals surface area contributed by atoms with Crippen molar-refractivity contribution < 1.29 is 9.53 Å². The molecule has 3 heteroatoms. The fraction of sp³-hybridized carbons (Fsp3) is 0.278. The van der Waals surface area contributed by atoms with E-state index in [0.29, 0.717) is 19.7 Å². The molecule has 2 aromatic carbocycles. The number of carbonyl (C=O) groups excluding carboxylic acids is 1. The van der Waals surface area contributed by atoms with E-state index >= 15 is 0 Å². The van der Waals surface area contributed by atoms with Gasteiger partial charge < -0.3 is 9.64 Å². The van der Waals surface area contributed by atoms with Gasteiger partial charge in [0.2, 0.25) is 0 Å². The molecule has 3 nitrogen and oxygen atoms in total. The first-order chi connectivity index (χ1) is 10.3. The molecular weight excluding hydrogens is 262 g/mol. The van der Waals surface area contributed by atoms with E-state index in [9.17, 15) is 4.79 Å². The van der Waals surface area contributed by atoms with Gasteiger partial charge >= 0.3 is 0 Å². The number of benzene rings is 2. The summed E-state index contributed by atoms with van der Waals surface area (Å²) in [4.78, 5) is 14.3. The third-order valence-electron chi connectivity index (χ3n) is 3.44. The molecule has 0 aliphatic rings. The van der Waals surface area contributed by atoms with E-state index in [1.165, 1.54) is 0 Å². The van der Waals surface area contributed by atoms with Crippen molar-refractivity contribution in [2.24, 2.45) is 0 Å².